The lowest BCUT2D eigenvalue weighted by atomic mass is 10.2. The van der Waals surface area contributed by atoms with Crippen molar-refractivity contribution in [1.82, 2.24) is 14.9 Å². The molecule has 6 nitrogen and oxygen atoms in total. The Balaban J connectivity index is 2.93. The van der Waals surface area contributed by atoms with Gasteiger partial charge in [-0.15, -0.1) is 0 Å². The van der Waals surface area contributed by atoms with Crippen molar-refractivity contribution in [3.63, 3.8) is 0 Å². The van der Waals surface area contributed by atoms with E-state index in [1.54, 1.807) is 0 Å². The van der Waals surface area contributed by atoms with Gasteiger partial charge in [0, 0.05) is 25.8 Å². The van der Waals surface area contributed by atoms with E-state index in [0.29, 0.717) is 5.82 Å². The fourth-order valence-corrected chi connectivity index (χ4v) is 1.64. The summed E-state index contributed by atoms with van der Waals surface area (Å²) >= 11 is 0. The van der Waals surface area contributed by atoms with Gasteiger partial charge < -0.3 is 14.9 Å². The van der Waals surface area contributed by atoms with E-state index in [0.717, 1.165) is 26.1 Å². The lowest BCUT2D eigenvalue weighted by molar-refractivity contribution is 0.0696. The molecule has 0 fully saturated rings. The number of carboxylic acids is 1. The molecule has 0 unspecified atom stereocenters. The first-order chi connectivity index (χ1) is 8.56. The van der Waals surface area contributed by atoms with E-state index in [1.807, 2.05) is 19.0 Å². The highest BCUT2D eigenvalue weighted by molar-refractivity contribution is 5.92. The van der Waals surface area contributed by atoms with Crippen LogP contribution in [0.3, 0.4) is 0 Å². The third kappa shape index (κ3) is 3.96. The summed E-state index contributed by atoms with van der Waals surface area (Å²) < 4.78 is 0. The number of anilines is 1. The van der Waals surface area contributed by atoms with E-state index >= 15 is 0 Å². The molecule has 0 amide bonds. The molecule has 0 spiro atoms. The first-order valence-electron chi connectivity index (χ1n) is 5.99. The summed E-state index contributed by atoms with van der Waals surface area (Å²) in [7, 11) is 3.98. The molecular weight excluding hydrogens is 232 g/mol. The molecule has 1 aromatic heterocycles. The molecule has 0 atom stereocenters. The molecule has 0 bridgehead atoms. The molecule has 0 aromatic carbocycles. The van der Waals surface area contributed by atoms with Gasteiger partial charge >= 0.3 is 5.97 Å². The predicted molar refractivity (Wildman–Crippen MR) is 70.0 cm³/mol. The average Bonchev–Trinajstić information content (AvgIpc) is 2.34. The van der Waals surface area contributed by atoms with E-state index in [1.165, 1.54) is 12.5 Å². The van der Waals surface area contributed by atoms with Crippen LogP contribution in [-0.2, 0) is 0 Å². The maximum absolute atomic E-state index is 11.2. The van der Waals surface area contributed by atoms with E-state index in [4.69, 9.17) is 5.11 Å². The Hall–Kier alpha value is -1.69. The van der Waals surface area contributed by atoms with E-state index < -0.39 is 5.97 Å². The Bertz CT molecular complexity index is 395. The van der Waals surface area contributed by atoms with Crippen LogP contribution in [0.1, 0.15) is 23.7 Å². The van der Waals surface area contributed by atoms with Crippen molar-refractivity contribution in [3.8, 4) is 0 Å². The van der Waals surface area contributed by atoms with E-state index in [-0.39, 0.29) is 5.56 Å². The van der Waals surface area contributed by atoms with Crippen LogP contribution in [0.5, 0.6) is 0 Å². The summed E-state index contributed by atoms with van der Waals surface area (Å²) in [4.78, 5) is 23.1. The van der Waals surface area contributed by atoms with E-state index in [9.17, 15) is 4.79 Å². The van der Waals surface area contributed by atoms with Crippen LogP contribution in [0, 0.1) is 0 Å². The van der Waals surface area contributed by atoms with Gasteiger partial charge in [-0.25, -0.2) is 14.8 Å². The van der Waals surface area contributed by atoms with Crippen molar-refractivity contribution < 1.29 is 9.90 Å². The van der Waals surface area contributed by atoms with Gasteiger partial charge in [-0.3, -0.25) is 0 Å². The SMILES string of the molecule is CCCN(CCN(C)C)c1ncncc1C(=O)O. The van der Waals surface area contributed by atoms with Crippen LogP contribution in [0.15, 0.2) is 12.5 Å². The standard InChI is InChI=1S/C12H20N4O2/c1-4-5-16(7-6-15(2)3)11-10(12(17)18)8-13-9-14-11/h8-9H,4-7H2,1-3H3,(H,17,18). The highest BCUT2D eigenvalue weighted by atomic mass is 16.4. The zero-order valence-corrected chi connectivity index (χ0v) is 11.1. The van der Waals surface area contributed by atoms with Crippen LogP contribution in [-0.4, -0.2) is 59.7 Å². The molecular formula is C12H20N4O2. The number of carboxylic acid groups (broad SMARTS) is 1. The largest absolute Gasteiger partial charge is 0.477 e. The van der Waals surface area contributed by atoms with Gasteiger partial charge in [0.05, 0.1) is 0 Å². The summed E-state index contributed by atoms with van der Waals surface area (Å²) in [5.41, 5.74) is 0.157. The summed E-state index contributed by atoms with van der Waals surface area (Å²) in [6.07, 6.45) is 3.68. The topological polar surface area (TPSA) is 69.6 Å². The number of rotatable bonds is 7. The summed E-state index contributed by atoms with van der Waals surface area (Å²) in [6.45, 7) is 4.44. The van der Waals surface area contributed by atoms with Gasteiger partial charge in [0.15, 0.2) is 0 Å². The second-order valence-corrected chi connectivity index (χ2v) is 4.36. The molecule has 6 heteroatoms. The van der Waals surface area contributed by atoms with Gasteiger partial charge in [-0.2, -0.15) is 0 Å². The Kier molecular flexibility index (Phi) is 5.51. The number of nitrogens with zero attached hydrogens (tertiary/aromatic N) is 4. The highest BCUT2D eigenvalue weighted by Crippen LogP contribution is 2.16. The Morgan fingerprint density at radius 1 is 1.33 bits per heavy atom. The second kappa shape index (κ2) is 6.90. The fraction of sp³-hybridized carbons (Fsp3) is 0.583. The lowest BCUT2D eigenvalue weighted by Gasteiger charge is -2.25. The number of hydrogen-bond acceptors (Lipinski definition) is 5. The van der Waals surface area contributed by atoms with Gasteiger partial charge in [0.1, 0.15) is 17.7 Å². The maximum Gasteiger partial charge on any atom is 0.341 e. The molecule has 1 heterocycles. The van der Waals surface area contributed by atoms with E-state index in [2.05, 4.69) is 21.8 Å². The van der Waals surface area contributed by atoms with Gasteiger partial charge in [-0.05, 0) is 20.5 Å². The normalized spacial score (nSPS) is 10.7. The summed E-state index contributed by atoms with van der Waals surface area (Å²) in [5, 5.41) is 9.14. The third-order valence-corrected chi connectivity index (χ3v) is 2.53. The minimum Gasteiger partial charge on any atom is -0.477 e. The monoisotopic (exact) mass is 252 g/mol. The molecule has 1 rings (SSSR count). The van der Waals surface area contributed by atoms with Gasteiger partial charge in [0.25, 0.3) is 0 Å². The predicted octanol–water partition coefficient (Wildman–Crippen LogP) is 0.953. The molecule has 0 saturated carbocycles. The fourth-order valence-electron chi connectivity index (χ4n) is 1.64. The first kappa shape index (κ1) is 14.4. The Labute approximate surface area is 107 Å². The number of hydrogen-bond donors (Lipinski definition) is 1. The van der Waals surface area contributed by atoms with Crippen LogP contribution in [0.2, 0.25) is 0 Å². The lowest BCUT2D eigenvalue weighted by Crippen LogP contribution is -2.34. The highest BCUT2D eigenvalue weighted by Gasteiger charge is 2.17. The maximum atomic E-state index is 11.2. The molecule has 0 aliphatic heterocycles. The first-order valence-corrected chi connectivity index (χ1v) is 5.99. The second-order valence-electron chi connectivity index (χ2n) is 4.36. The van der Waals surface area contributed by atoms with Crippen LogP contribution < -0.4 is 4.90 Å². The van der Waals surface area contributed by atoms with Crippen molar-refractivity contribution in [3.05, 3.63) is 18.1 Å². The molecule has 1 N–H and O–H groups in total. The van der Waals surface area contributed by atoms with Crippen molar-refractivity contribution >= 4 is 11.8 Å². The number of aromatic carboxylic acids is 1. The minimum absolute atomic E-state index is 0.157. The number of aromatic nitrogens is 2. The third-order valence-electron chi connectivity index (χ3n) is 2.53. The molecule has 18 heavy (non-hydrogen) atoms. The van der Waals surface area contributed by atoms with Crippen molar-refractivity contribution in [1.29, 1.82) is 0 Å². The Morgan fingerprint density at radius 2 is 2.06 bits per heavy atom. The number of likely N-dealkylation sites (N-methyl/N-ethyl adjacent to an activating group) is 1. The summed E-state index contributed by atoms with van der Waals surface area (Å²) in [5.74, 6) is -0.488. The molecule has 100 valence electrons. The van der Waals surface area contributed by atoms with Crippen LogP contribution in [0.4, 0.5) is 5.82 Å². The van der Waals surface area contributed by atoms with Crippen molar-refractivity contribution in [2.45, 2.75) is 13.3 Å². The smallest absolute Gasteiger partial charge is 0.341 e. The average molecular weight is 252 g/mol. The van der Waals surface area contributed by atoms with Crippen molar-refractivity contribution in [2.75, 3.05) is 38.6 Å². The zero-order valence-electron chi connectivity index (χ0n) is 11.1. The molecule has 0 aliphatic rings. The van der Waals surface area contributed by atoms with Gasteiger partial charge in [-0.1, -0.05) is 6.92 Å². The van der Waals surface area contributed by atoms with Crippen molar-refractivity contribution in [2.24, 2.45) is 0 Å². The molecule has 0 aliphatic carbocycles. The Morgan fingerprint density at radius 3 is 2.61 bits per heavy atom. The number of carbonyl (C=O) groups is 1. The zero-order chi connectivity index (χ0) is 13.5. The quantitative estimate of drug-likeness (QED) is 0.779. The van der Waals surface area contributed by atoms with Gasteiger partial charge in [0.2, 0.25) is 0 Å². The molecule has 1 aromatic rings. The summed E-state index contributed by atoms with van der Waals surface area (Å²) in [6, 6.07) is 0. The minimum atomic E-state index is -0.989. The molecule has 0 saturated heterocycles. The van der Waals surface area contributed by atoms with Crippen LogP contribution >= 0.6 is 0 Å². The van der Waals surface area contributed by atoms with Crippen LogP contribution in [0.25, 0.3) is 0 Å². The molecule has 0 radical (unpaired) electrons.